The molecule has 3 aromatic rings. The lowest BCUT2D eigenvalue weighted by molar-refractivity contribution is 1.41. The molecule has 0 atom stereocenters. The van der Waals surface area contributed by atoms with Crippen LogP contribution < -0.4 is 4.90 Å². The topological polar surface area (TPSA) is 3.01 Å². The second kappa shape index (κ2) is 3.24. The van der Waals surface area contributed by atoms with Gasteiger partial charge in [-0.2, -0.15) is 0 Å². The van der Waals surface area contributed by atoms with Gasteiger partial charge in [0.05, 0.1) is 0 Å². The summed E-state index contributed by atoms with van der Waals surface area (Å²) in [4.78, 5) is 2.38. The number of hydrogen-bond acceptors (Lipinski definition) is 1. The molecule has 4 rings (SSSR count). The smallest absolute Gasteiger partial charge is 0.0373 e. The SMILES string of the molecule is c1ccc2cc3cc(N4CC4)ccc3cc2c1. The molecule has 0 saturated carbocycles. The first-order chi connectivity index (χ1) is 8.40. The van der Waals surface area contributed by atoms with Gasteiger partial charge in [-0.1, -0.05) is 30.3 Å². The Morgan fingerprint density at radius 2 is 1.29 bits per heavy atom. The van der Waals surface area contributed by atoms with Crippen molar-refractivity contribution < 1.29 is 0 Å². The molecule has 3 aromatic carbocycles. The lowest BCUT2D eigenvalue weighted by Crippen LogP contribution is -1.89. The van der Waals surface area contributed by atoms with Crippen molar-refractivity contribution in [2.75, 3.05) is 18.0 Å². The van der Waals surface area contributed by atoms with Crippen LogP contribution in [0.15, 0.2) is 54.6 Å². The zero-order valence-corrected chi connectivity index (χ0v) is 9.56. The van der Waals surface area contributed by atoms with Crippen molar-refractivity contribution in [3.05, 3.63) is 54.6 Å². The minimum Gasteiger partial charge on any atom is -0.368 e. The van der Waals surface area contributed by atoms with Gasteiger partial charge in [-0.05, 0) is 45.8 Å². The average molecular weight is 219 g/mol. The van der Waals surface area contributed by atoms with Gasteiger partial charge in [0, 0.05) is 18.8 Å². The number of anilines is 1. The van der Waals surface area contributed by atoms with Gasteiger partial charge >= 0.3 is 0 Å². The fourth-order valence-corrected chi connectivity index (χ4v) is 2.43. The van der Waals surface area contributed by atoms with Gasteiger partial charge in [0.15, 0.2) is 0 Å². The first kappa shape index (κ1) is 9.06. The second-order valence-corrected chi connectivity index (χ2v) is 4.72. The summed E-state index contributed by atoms with van der Waals surface area (Å²) in [6, 6.07) is 19.9. The van der Waals surface area contributed by atoms with Crippen LogP contribution >= 0.6 is 0 Å². The number of nitrogens with zero attached hydrogens (tertiary/aromatic N) is 1. The summed E-state index contributed by atoms with van der Waals surface area (Å²) in [5.41, 5.74) is 1.35. The summed E-state index contributed by atoms with van der Waals surface area (Å²) < 4.78 is 0. The number of fused-ring (bicyclic) bond motifs is 2. The predicted molar refractivity (Wildman–Crippen MR) is 73.7 cm³/mol. The van der Waals surface area contributed by atoms with Crippen LogP contribution in [0, 0.1) is 0 Å². The third-order valence-electron chi connectivity index (χ3n) is 3.50. The van der Waals surface area contributed by atoms with E-state index >= 15 is 0 Å². The molecule has 0 bridgehead atoms. The van der Waals surface area contributed by atoms with Gasteiger partial charge in [0.25, 0.3) is 0 Å². The molecule has 0 spiro atoms. The molecule has 0 aromatic heterocycles. The molecule has 1 heteroatoms. The van der Waals surface area contributed by atoms with Gasteiger partial charge in [-0.15, -0.1) is 0 Å². The minimum atomic E-state index is 1.21. The zero-order valence-electron chi connectivity index (χ0n) is 9.56. The highest BCUT2D eigenvalue weighted by Gasteiger charge is 2.17. The zero-order chi connectivity index (χ0) is 11.2. The highest BCUT2D eigenvalue weighted by Crippen LogP contribution is 2.28. The third kappa shape index (κ3) is 1.47. The molecular weight excluding hydrogens is 206 g/mol. The van der Waals surface area contributed by atoms with Gasteiger partial charge in [0.1, 0.15) is 0 Å². The Hall–Kier alpha value is -2.02. The molecule has 1 aliphatic rings. The lowest BCUT2D eigenvalue weighted by Gasteiger charge is -2.06. The van der Waals surface area contributed by atoms with E-state index in [1.807, 2.05) is 0 Å². The van der Waals surface area contributed by atoms with E-state index in [-0.39, 0.29) is 0 Å². The van der Waals surface area contributed by atoms with E-state index in [1.54, 1.807) is 0 Å². The van der Waals surface area contributed by atoms with Crippen molar-refractivity contribution in [1.29, 1.82) is 0 Å². The van der Waals surface area contributed by atoms with E-state index in [4.69, 9.17) is 0 Å². The Kier molecular flexibility index (Phi) is 1.72. The van der Waals surface area contributed by atoms with E-state index < -0.39 is 0 Å². The molecule has 0 aliphatic carbocycles. The fourth-order valence-electron chi connectivity index (χ4n) is 2.43. The summed E-state index contributed by atoms with van der Waals surface area (Å²) in [5, 5.41) is 5.31. The van der Waals surface area contributed by atoms with Crippen LogP contribution in [0.1, 0.15) is 0 Å². The van der Waals surface area contributed by atoms with Gasteiger partial charge in [-0.25, -0.2) is 0 Å². The Labute approximate surface area is 100 Å². The summed E-state index contributed by atoms with van der Waals surface area (Å²) in [5.74, 6) is 0. The van der Waals surface area contributed by atoms with Gasteiger partial charge < -0.3 is 4.90 Å². The molecule has 0 unspecified atom stereocenters. The number of rotatable bonds is 1. The van der Waals surface area contributed by atoms with Crippen LogP contribution in [0.25, 0.3) is 21.5 Å². The van der Waals surface area contributed by atoms with Crippen molar-refractivity contribution in [3.63, 3.8) is 0 Å². The maximum absolute atomic E-state index is 2.38. The molecule has 1 nitrogen and oxygen atoms in total. The third-order valence-corrected chi connectivity index (χ3v) is 3.50. The Balaban J connectivity index is 2.02. The van der Waals surface area contributed by atoms with Crippen molar-refractivity contribution in [2.45, 2.75) is 0 Å². The van der Waals surface area contributed by atoms with Crippen LogP contribution in [0.2, 0.25) is 0 Å². The first-order valence-electron chi connectivity index (χ1n) is 6.08. The normalized spacial score (nSPS) is 14.5. The first-order valence-corrected chi connectivity index (χ1v) is 6.08. The highest BCUT2D eigenvalue weighted by molar-refractivity contribution is 5.99. The molecule has 1 fully saturated rings. The largest absolute Gasteiger partial charge is 0.368 e. The van der Waals surface area contributed by atoms with Crippen molar-refractivity contribution in [3.8, 4) is 0 Å². The summed E-state index contributed by atoms with van der Waals surface area (Å²) in [7, 11) is 0. The number of benzene rings is 3. The van der Waals surface area contributed by atoms with E-state index in [1.165, 1.54) is 40.3 Å². The Morgan fingerprint density at radius 1 is 0.647 bits per heavy atom. The van der Waals surface area contributed by atoms with Crippen LogP contribution in [0.3, 0.4) is 0 Å². The van der Waals surface area contributed by atoms with Crippen molar-refractivity contribution in [2.24, 2.45) is 0 Å². The predicted octanol–water partition coefficient (Wildman–Crippen LogP) is 3.81. The molecule has 0 N–H and O–H groups in total. The molecule has 17 heavy (non-hydrogen) atoms. The molecule has 1 heterocycles. The Morgan fingerprint density at radius 3 is 2.00 bits per heavy atom. The monoisotopic (exact) mass is 219 g/mol. The quantitative estimate of drug-likeness (QED) is 0.444. The Bertz CT molecular complexity index is 711. The molecule has 0 amide bonds. The van der Waals surface area contributed by atoms with E-state index in [0.717, 1.165) is 0 Å². The van der Waals surface area contributed by atoms with Gasteiger partial charge in [-0.3, -0.25) is 0 Å². The summed E-state index contributed by atoms with van der Waals surface area (Å²) >= 11 is 0. The van der Waals surface area contributed by atoms with E-state index in [2.05, 4.69) is 59.5 Å². The van der Waals surface area contributed by atoms with Crippen molar-refractivity contribution >= 4 is 27.2 Å². The summed E-state index contributed by atoms with van der Waals surface area (Å²) in [6.07, 6.45) is 0. The van der Waals surface area contributed by atoms with Crippen molar-refractivity contribution in [1.82, 2.24) is 0 Å². The molecular formula is C16H13N. The summed E-state index contributed by atoms with van der Waals surface area (Å²) in [6.45, 7) is 2.41. The van der Waals surface area contributed by atoms with E-state index in [9.17, 15) is 0 Å². The van der Waals surface area contributed by atoms with Crippen LogP contribution in [0.4, 0.5) is 5.69 Å². The van der Waals surface area contributed by atoms with E-state index in [0.29, 0.717) is 0 Å². The van der Waals surface area contributed by atoms with Gasteiger partial charge in [0.2, 0.25) is 0 Å². The lowest BCUT2D eigenvalue weighted by atomic mass is 10.0. The number of hydrogen-bond donors (Lipinski definition) is 0. The molecule has 82 valence electrons. The van der Waals surface area contributed by atoms with Crippen LogP contribution in [-0.4, -0.2) is 13.1 Å². The maximum atomic E-state index is 2.38. The molecule has 0 radical (unpaired) electrons. The standard InChI is InChI=1S/C16H13N/c1-2-4-13-10-15-11-16(17-7-8-17)6-5-14(15)9-12(13)3-1/h1-6,9-11H,7-8H2. The maximum Gasteiger partial charge on any atom is 0.0373 e. The molecule has 1 saturated heterocycles. The minimum absolute atomic E-state index is 1.21. The highest BCUT2D eigenvalue weighted by atomic mass is 15.3. The fraction of sp³-hybridized carbons (Fsp3) is 0.125. The van der Waals surface area contributed by atoms with Crippen LogP contribution in [-0.2, 0) is 0 Å². The molecule has 1 aliphatic heterocycles. The average Bonchev–Trinajstić information content (AvgIpc) is 3.20. The second-order valence-electron chi connectivity index (χ2n) is 4.72. The van der Waals surface area contributed by atoms with Crippen LogP contribution in [0.5, 0.6) is 0 Å².